The van der Waals surface area contributed by atoms with Crippen LogP contribution in [0.15, 0.2) is 4.99 Å². The van der Waals surface area contributed by atoms with E-state index < -0.39 is 59.7 Å². The van der Waals surface area contributed by atoms with E-state index >= 15 is 0 Å². The van der Waals surface area contributed by atoms with Gasteiger partial charge in [-0.25, -0.2) is 0 Å². The first kappa shape index (κ1) is 32.6. The number of nitrogens with one attached hydrogen (secondary N) is 3. The molecule has 13 N–H and O–H groups in total. The molecule has 1 aliphatic heterocycles. The average Bonchev–Trinajstić information content (AvgIpc) is 3.34. The highest BCUT2D eigenvalue weighted by Crippen LogP contribution is 2.20. The van der Waals surface area contributed by atoms with Crippen molar-refractivity contribution in [2.24, 2.45) is 33.7 Å². The van der Waals surface area contributed by atoms with E-state index in [1.807, 2.05) is 0 Å². The first-order valence-corrected chi connectivity index (χ1v) is 12.9. The minimum Gasteiger partial charge on any atom is -0.370 e. The highest BCUT2D eigenvalue weighted by Gasteiger charge is 2.38. The Morgan fingerprint density at radius 3 is 2.13 bits per heavy atom. The third-order valence-corrected chi connectivity index (χ3v) is 6.17. The van der Waals surface area contributed by atoms with Crippen LogP contribution in [0, 0.1) is 0 Å². The van der Waals surface area contributed by atoms with Crippen LogP contribution in [0.1, 0.15) is 58.8 Å². The number of rotatable bonds is 16. The molecule has 1 aliphatic rings. The molecule has 1 rings (SSSR count). The number of unbranched alkanes of at least 4 members (excludes halogenated alkanes) is 1. The van der Waals surface area contributed by atoms with Crippen molar-refractivity contribution in [2.75, 3.05) is 19.6 Å². The van der Waals surface area contributed by atoms with Gasteiger partial charge in [0.2, 0.25) is 29.5 Å². The van der Waals surface area contributed by atoms with Crippen LogP contribution in [0.5, 0.6) is 0 Å². The van der Waals surface area contributed by atoms with Crippen LogP contribution < -0.4 is 44.6 Å². The molecule has 5 atom stereocenters. The van der Waals surface area contributed by atoms with E-state index in [0.717, 1.165) is 0 Å². The van der Waals surface area contributed by atoms with Crippen molar-refractivity contribution in [2.45, 2.75) is 89.0 Å². The summed E-state index contributed by atoms with van der Waals surface area (Å²) in [5.41, 5.74) is 27.2. The van der Waals surface area contributed by atoms with Gasteiger partial charge in [0.05, 0.1) is 6.04 Å². The van der Waals surface area contributed by atoms with Gasteiger partial charge in [-0.2, -0.15) is 0 Å². The van der Waals surface area contributed by atoms with Crippen molar-refractivity contribution in [1.29, 1.82) is 0 Å². The van der Waals surface area contributed by atoms with Crippen LogP contribution in [0.4, 0.5) is 0 Å². The predicted octanol–water partition coefficient (Wildman–Crippen LogP) is -3.53. The molecule has 0 radical (unpaired) electrons. The molecule has 0 aromatic heterocycles. The lowest BCUT2D eigenvalue weighted by atomic mass is 10.1. The maximum absolute atomic E-state index is 13.4. The molecule has 0 spiro atoms. The fraction of sp³-hybridized carbons (Fsp3) is 0.739. The number of hydrogen-bond donors (Lipinski definition) is 8. The number of nitrogens with zero attached hydrogens (tertiary/aromatic N) is 2. The van der Waals surface area contributed by atoms with Gasteiger partial charge in [0, 0.05) is 13.1 Å². The fourth-order valence-corrected chi connectivity index (χ4v) is 4.02. The van der Waals surface area contributed by atoms with Crippen molar-refractivity contribution in [3.05, 3.63) is 0 Å². The van der Waals surface area contributed by atoms with Gasteiger partial charge in [0.25, 0.3) is 0 Å². The second kappa shape index (κ2) is 16.4. The second-order valence-corrected chi connectivity index (χ2v) is 9.47. The Labute approximate surface area is 223 Å². The summed E-state index contributed by atoms with van der Waals surface area (Å²) in [6, 6.07) is -4.46. The van der Waals surface area contributed by atoms with Crippen LogP contribution in [0.3, 0.4) is 0 Å². The minimum atomic E-state index is -0.982. The van der Waals surface area contributed by atoms with Crippen LogP contribution in [-0.4, -0.2) is 90.2 Å². The third kappa shape index (κ3) is 10.9. The molecule has 15 nitrogen and oxygen atoms in total. The predicted molar refractivity (Wildman–Crippen MR) is 142 cm³/mol. The van der Waals surface area contributed by atoms with Gasteiger partial charge in [0.15, 0.2) is 5.96 Å². The minimum absolute atomic E-state index is 0.0837. The van der Waals surface area contributed by atoms with E-state index in [4.69, 9.17) is 28.7 Å². The maximum Gasteiger partial charge on any atom is 0.245 e. The number of primary amides is 1. The second-order valence-electron chi connectivity index (χ2n) is 9.47. The Morgan fingerprint density at radius 2 is 1.55 bits per heavy atom. The number of likely N-dealkylation sites (tertiary alicyclic amines) is 1. The van der Waals surface area contributed by atoms with Crippen LogP contribution >= 0.6 is 0 Å². The van der Waals surface area contributed by atoms with Crippen molar-refractivity contribution >= 4 is 35.5 Å². The zero-order chi connectivity index (χ0) is 28.8. The normalized spacial score (nSPS) is 18.0. The molecular formula is C23H44N10O5. The number of amides is 5. The number of guanidine groups is 1. The molecule has 0 unspecified atom stereocenters. The van der Waals surface area contributed by atoms with E-state index in [2.05, 4.69) is 20.9 Å². The summed E-state index contributed by atoms with van der Waals surface area (Å²) in [4.78, 5) is 68.3. The first-order chi connectivity index (χ1) is 17.9. The first-order valence-electron chi connectivity index (χ1n) is 12.9. The SMILES string of the molecule is C[C@H](N)C(=O)N[C@@H](CCCN=C(N)N)C(=O)N1CCC[C@H]1C(=O)N[C@@H](C)C(=O)N[C@@H](CCCCN)C(N)=O. The smallest absolute Gasteiger partial charge is 0.245 e. The Morgan fingerprint density at radius 1 is 0.921 bits per heavy atom. The molecule has 0 bridgehead atoms. The third-order valence-electron chi connectivity index (χ3n) is 6.17. The lowest BCUT2D eigenvalue weighted by molar-refractivity contribution is -0.142. The van der Waals surface area contributed by atoms with E-state index in [1.165, 1.54) is 18.7 Å². The topological polar surface area (TPSA) is 267 Å². The molecule has 0 aromatic rings. The van der Waals surface area contributed by atoms with E-state index in [1.54, 1.807) is 0 Å². The summed E-state index contributed by atoms with van der Waals surface area (Å²) >= 11 is 0. The van der Waals surface area contributed by atoms with Crippen molar-refractivity contribution < 1.29 is 24.0 Å². The summed E-state index contributed by atoms with van der Waals surface area (Å²) in [6.45, 7) is 3.99. The molecule has 1 saturated heterocycles. The molecule has 15 heteroatoms. The zero-order valence-corrected chi connectivity index (χ0v) is 22.3. The highest BCUT2D eigenvalue weighted by atomic mass is 16.2. The van der Waals surface area contributed by atoms with Gasteiger partial charge in [-0.15, -0.1) is 0 Å². The zero-order valence-electron chi connectivity index (χ0n) is 22.3. The number of hydrogen-bond acceptors (Lipinski definition) is 8. The average molecular weight is 541 g/mol. The summed E-state index contributed by atoms with van der Waals surface area (Å²) in [6.07, 6.45) is 3.21. The largest absolute Gasteiger partial charge is 0.370 e. The Balaban J connectivity index is 2.85. The van der Waals surface area contributed by atoms with Crippen molar-refractivity contribution in [1.82, 2.24) is 20.9 Å². The molecule has 0 aromatic carbocycles. The van der Waals surface area contributed by atoms with Gasteiger partial charge in [-0.3, -0.25) is 29.0 Å². The van der Waals surface area contributed by atoms with Gasteiger partial charge >= 0.3 is 0 Å². The molecule has 0 aliphatic carbocycles. The molecule has 38 heavy (non-hydrogen) atoms. The molecular weight excluding hydrogens is 496 g/mol. The monoisotopic (exact) mass is 540 g/mol. The van der Waals surface area contributed by atoms with Gasteiger partial charge < -0.3 is 49.5 Å². The van der Waals surface area contributed by atoms with Gasteiger partial charge in [0.1, 0.15) is 24.2 Å². The fourth-order valence-electron chi connectivity index (χ4n) is 4.02. The lowest BCUT2D eigenvalue weighted by Gasteiger charge is -2.30. The van der Waals surface area contributed by atoms with Gasteiger partial charge in [-0.1, -0.05) is 0 Å². The van der Waals surface area contributed by atoms with Gasteiger partial charge in [-0.05, 0) is 65.3 Å². The number of nitrogens with two attached hydrogens (primary N) is 5. The Hall–Kier alpha value is -3.46. The molecule has 0 saturated carbocycles. The standard InChI is InChI=1S/C23H44N10O5/c1-13(25)19(35)32-16(8-5-11-29-23(27)28)22(38)33-12-6-9-17(33)21(37)30-14(2)20(36)31-15(18(26)34)7-3-4-10-24/h13-17H,3-12,24-25H2,1-2H3,(H2,26,34)(H,30,37)(H,31,36)(H,32,35)(H4,27,28,29)/t13-,14-,15-,16-,17-/m0/s1. The quantitative estimate of drug-likeness (QED) is 0.0546. The van der Waals surface area contributed by atoms with Crippen molar-refractivity contribution in [3.63, 3.8) is 0 Å². The summed E-state index contributed by atoms with van der Waals surface area (Å²) in [7, 11) is 0. The number of carbonyl (C=O) groups excluding carboxylic acids is 5. The van der Waals surface area contributed by atoms with E-state index in [9.17, 15) is 24.0 Å². The molecule has 216 valence electrons. The lowest BCUT2D eigenvalue weighted by Crippen LogP contribution is -2.57. The molecule has 1 heterocycles. The molecule has 1 fully saturated rings. The number of carbonyl (C=O) groups is 5. The summed E-state index contributed by atoms with van der Waals surface area (Å²) in [5.74, 6) is -2.80. The summed E-state index contributed by atoms with van der Waals surface area (Å²) in [5, 5.41) is 7.80. The molecule has 5 amide bonds. The van der Waals surface area contributed by atoms with Crippen LogP contribution in [-0.2, 0) is 24.0 Å². The Kier molecular flexibility index (Phi) is 14.1. The summed E-state index contributed by atoms with van der Waals surface area (Å²) < 4.78 is 0. The van der Waals surface area contributed by atoms with Crippen molar-refractivity contribution in [3.8, 4) is 0 Å². The van der Waals surface area contributed by atoms with Crippen LogP contribution in [0.2, 0.25) is 0 Å². The van der Waals surface area contributed by atoms with E-state index in [0.29, 0.717) is 51.6 Å². The van der Waals surface area contributed by atoms with E-state index in [-0.39, 0.29) is 18.9 Å². The highest BCUT2D eigenvalue weighted by molar-refractivity contribution is 5.95. The Bertz CT molecular complexity index is 862. The van der Waals surface area contributed by atoms with Crippen LogP contribution in [0.25, 0.3) is 0 Å². The number of aliphatic imine (C=N–C) groups is 1. The maximum atomic E-state index is 13.4.